The van der Waals surface area contributed by atoms with Gasteiger partial charge in [-0.1, -0.05) is 12.1 Å². The topological polar surface area (TPSA) is 74.7 Å². The van der Waals surface area contributed by atoms with E-state index in [2.05, 4.69) is 0 Å². The Balaban J connectivity index is 2.11. The van der Waals surface area contributed by atoms with Gasteiger partial charge < -0.3 is 5.11 Å². The highest BCUT2D eigenvalue weighted by atomic mass is 32.2. The largest absolute Gasteiger partial charge is 0.481 e. The van der Waals surface area contributed by atoms with E-state index in [0.29, 0.717) is 19.5 Å². The van der Waals surface area contributed by atoms with Crippen LogP contribution in [0.25, 0.3) is 0 Å². The molecule has 0 aromatic heterocycles. The predicted molar refractivity (Wildman–Crippen MR) is 70.4 cm³/mol. The van der Waals surface area contributed by atoms with Crippen LogP contribution in [0.15, 0.2) is 29.2 Å². The molecule has 0 aliphatic carbocycles. The number of carboxylic acids is 1. The zero-order chi connectivity index (χ0) is 13.9. The van der Waals surface area contributed by atoms with Gasteiger partial charge in [-0.25, -0.2) is 8.42 Å². The molecule has 0 atom stereocenters. The Labute approximate surface area is 112 Å². The van der Waals surface area contributed by atoms with Crippen molar-refractivity contribution < 1.29 is 18.3 Å². The van der Waals surface area contributed by atoms with E-state index >= 15 is 0 Å². The Hall–Kier alpha value is -1.40. The molecule has 1 aromatic carbocycles. The summed E-state index contributed by atoms with van der Waals surface area (Å²) < 4.78 is 26.0. The van der Waals surface area contributed by atoms with Crippen molar-refractivity contribution in [2.45, 2.75) is 30.6 Å². The molecule has 1 heterocycles. The predicted octanol–water partition coefficient (Wildman–Crippen LogP) is 1.49. The smallest absolute Gasteiger partial charge is 0.303 e. The van der Waals surface area contributed by atoms with Gasteiger partial charge in [0.2, 0.25) is 10.0 Å². The van der Waals surface area contributed by atoms with Crippen LogP contribution in [0.1, 0.15) is 24.8 Å². The molecule has 1 fully saturated rings. The molecule has 1 saturated heterocycles. The molecule has 0 amide bonds. The number of benzene rings is 1. The van der Waals surface area contributed by atoms with E-state index < -0.39 is 16.0 Å². The summed E-state index contributed by atoms with van der Waals surface area (Å²) in [6, 6.07) is 6.49. The molecule has 104 valence electrons. The molecule has 0 spiro atoms. The van der Waals surface area contributed by atoms with Gasteiger partial charge in [0.1, 0.15) is 0 Å². The Morgan fingerprint density at radius 3 is 2.26 bits per heavy atom. The van der Waals surface area contributed by atoms with E-state index in [1.54, 1.807) is 24.3 Å². The maximum atomic E-state index is 12.2. The van der Waals surface area contributed by atoms with Gasteiger partial charge in [-0.3, -0.25) is 4.79 Å². The third kappa shape index (κ3) is 3.33. The zero-order valence-corrected chi connectivity index (χ0v) is 11.4. The average Bonchev–Trinajstić information content (AvgIpc) is 2.91. The molecule has 6 heteroatoms. The lowest BCUT2D eigenvalue weighted by molar-refractivity contribution is -0.136. The number of aryl methyl sites for hydroxylation is 1. The molecule has 0 saturated carbocycles. The number of hydrogen-bond donors (Lipinski definition) is 1. The summed E-state index contributed by atoms with van der Waals surface area (Å²) in [4.78, 5) is 10.8. The second-order valence-corrected chi connectivity index (χ2v) is 6.59. The van der Waals surface area contributed by atoms with E-state index in [4.69, 9.17) is 5.11 Å². The molecule has 1 N–H and O–H groups in total. The number of sulfonamides is 1. The molecule has 0 bridgehead atoms. The van der Waals surface area contributed by atoms with Crippen molar-refractivity contribution in [3.05, 3.63) is 29.8 Å². The van der Waals surface area contributed by atoms with Crippen molar-refractivity contribution in [1.82, 2.24) is 4.31 Å². The molecule has 1 aliphatic heterocycles. The number of aliphatic carboxylic acids is 1. The number of hydrogen-bond acceptors (Lipinski definition) is 3. The number of nitrogens with zero attached hydrogens (tertiary/aromatic N) is 1. The fourth-order valence-corrected chi connectivity index (χ4v) is 3.67. The van der Waals surface area contributed by atoms with Gasteiger partial charge in [-0.05, 0) is 37.0 Å². The molecule has 0 unspecified atom stereocenters. The Morgan fingerprint density at radius 1 is 1.16 bits per heavy atom. The van der Waals surface area contributed by atoms with Gasteiger partial charge in [0.15, 0.2) is 0 Å². The fraction of sp³-hybridized carbons (Fsp3) is 0.462. The summed E-state index contributed by atoms with van der Waals surface area (Å²) in [6.45, 7) is 1.17. The standard InChI is InChI=1S/C13H17NO4S/c15-13(16)8-5-11-3-6-12(7-4-11)19(17,18)14-9-1-2-10-14/h3-4,6-7H,1-2,5,8-10H2,(H,15,16). The SMILES string of the molecule is O=C(O)CCc1ccc(S(=O)(=O)N2CCCC2)cc1. The number of carboxylic acid groups (broad SMARTS) is 1. The van der Waals surface area contributed by atoms with Crippen LogP contribution in [0.3, 0.4) is 0 Å². The lowest BCUT2D eigenvalue weighted by Crippen LogP contribution is -2.27. The summed E-state index contributed by atoms with van der Waals surface area (Å²) in [5, 5.41) is 8.60. The second kappa shape index (κ2) is 5.71. The first kappa shape index (κ1) is 14.0. The summed E-state index contributed by atoms with van der Waals surface area (Å²) in [7, 11) is -3.37. The summed E-state index contributed by atoms with van der Waals surface area (Å²) in [5.74, 6) is -0.853. The van der Waals surface area contributed by atoms with Gasteiger partial charge in [0.05, 0.1) is 4.90 Å². The van der Waals surface area contributed by atoms with Crippen LogP contribution in [0.4, 0.5) is 0 Å². The van der Waals surface area contributed by atoms with E-state index in [1.807, 2.05) is 0 Å². The van der Waals surface area contributed by atoms with E-state index in [0.717, 1.165) is 18.4 Å². The van der Waals surface area contributed by atoms with Crippen LogP contribution in [0.5, 0.6) is 0 Å². The Bertz CT molecular complexity index is 545. The lowest BCUT2D eigenvalue weighted by Gasteiger charge is -2.15. The minimum Gasteiger partial charge on any atom is -0.481 e. The highest BCUT2D eigenvalue weighted by Gasteiger charge is 2.26. The monoisotopic (exact) mass is 283 g/mol. The van der Waals surface area contributed by atoms with Crippen LogP contribution in [0.2, 0.25) is 0 Å². The summed E-state index contributed by atoms with van der Waals surface area (Å²) in [6.07, 6.45) is 2.30. The van der Waals surface area contributed by atoms with Crippen LogP contribution < -0.4 is 0 Å². The van der Waals surface area contributed by atoms with Crippen molar-refractivity contribution in [2.24, 2.45) is 0 Å². The maximum absolute atomic E-state index is 12.2. The molecule has 5 nitrogen and oxygen atoms in total. The third-order valence-corrected chi connectivity index (χ3v) is 5.17. The number of carbonyl (C=O) groups is 1. The summed E-state index contributed by atoms with van der Waals surface area (Å²) >= 11 is 0. The third-order valence-electron chi connectivity index (χ3n) is 3.25. The molecule has 2 rings (SSSR count). The first-order valence-electron chi connectivity index (χ1n) is 6.31. The van der Waals surface area contributed by atoms with Gasteiger partial charge in [0.25, 0.3) is 0 Å². The minimum atomic E-state index is -3.37. The zero-order valence-electron chi connectivity index (χ0n) is 10.6. The molecule has 1 aliphatic rings. The van der Waals surface area contributed by atoms with Gasteiger partial charge in [-0.2, -0.15) is 4.31 Å². The van der Waals surface area contributed by atoms with Crippen molar-refractivity contribution in [2.75, 3.05) is 13.1 Å². The van der Waals surface area contributed by atoms with Crippen LogP contribution in [-0.2, 0) is 21.2 Å². The molecule has 0 radical (unpaired) electrons. The highest BCUT2D eigenvalue weighted by Crippen LogP contribution is 2.21. The quantitative estimate of drug-likeness (QED) is 0.888. The van der Waals surface area contributed by atoms with Crippen LogP contribution in [0, 0.1) is 0 Å². The fourth-order valence-electron chi connectivity index (χ4n) is 2.16. The molecule has 19 heavy (non-hydrogen) atoms. The maximum Gasteiger partial charge on any atom is 0.303 e. The normalized spacial score (nSPS) is 16.6. The minimum absolute atomic E-state index is 0.0538. The van der Waals surface area contributed by atoms with Crippen molar-refractivity contribution >= 4 is 16.0 Å². The Morgan fingerprint density at radius 2 is 1.74 bits per heavy atom. The molecular formula is C13H17NO4S. The second-order valence-electron chi connectivity index (χ2n) is 4.65. The average molecular weight is 283 g/mol. The number of rotatable bonds is 5. The van der Waals surface area contributed by atoms with Gasteiger partial charge >= 0.3 is 5.97 Å². The van der Waals surface area contributed by atoms with E-state index in [9.17, 15) is 13.2 Å². The first-order chi connectivity index (χ1) is 9.00. The molecule has 1 aromatic rings. The van der Waals surface area contributed by atoms with E-state index in [1.165, 1.54) is 4.31 Å². The van der Waals surface area contributed by atoms with E-state index in [-0.39, 0.29) is 11.3 Å². The molecular weight excluding hydrogens is 266 g/mol. The lowest BCUT2D eigenvalue weighted by atomic mass is 10.1. The first-order valence-corrected chi connectivity index (χ1v) is 7.75. The van der Waals surface area contributed by atoms with Crippen molar-refractivity contribution in [1.29, 1.82) is 0 Å². The Kier molecular flexibility index (Phi) is 4.21. The van der Waals surface area contributed by atoms with Crippen molar-refractivity contribution in [3.8, 4) is 0 Å². The summed E-state index contributed by atoms with van der Waals surface area (Å²) in [5.41, 5.74) is 0.836. The highest BCUT2D eigenvalue weighted by molar-refractivity contribution is 7.89. The van der Waals surface area contributed by atoms with Crippen LogP contribution in [-0.4, -0.2) is 36.9 Å². The van der Waals surface area contributed by atoms with Crippen LogP contribution >= 0.6 is 0 Å². The van der Waals surface area contributed by atoms with Gasteiger partial charge in [-0.15, -0.1) is 0 Å². The van der Waals surface area contributed by atoms with Crippen molar-refractivity contribution in [3.63, 3.8) is 0 Å². The van der Waals surface area contributed by atoms with Gasteiger partial charge in [0, 0.05) is 19.5 Å².